The van der Waals surface area contributed by atoms with Crippen molar-refractivity contribution in [1.29, 1.82) is 0 Å². The number of anilines is 1. The van der Waals surface area contributed by atoms with Gasteiger partial charge in [-0.25, -0.2) is 17.9 Å². The summed E-state index contributed by atoms with van der Waals surface area (Å²) in [5.74, 6) is -0.611. The number of ether oxygens (including phenoxy) is 2. The Morgan fingerprint density at radius 1 is 1.06 bits per heavy atom. The van der Waals surface area contributed by atoms with Crippen LogP contribution in [0.5, 0.6) is 5.75 Å². The van der Waals surface area contributed by atoms with Gasteiger partial charge in [0.15, 0.2) is 0 Å². The standard InChI is InChI=1S/C24H30N2O6S/c1-4-32-24(28)18-9-7-10-19(14-18)25-23(27)17-12-13-21(31-3)22(15-17)33(29,30)26-20-11-6-5-8-16(20)2/h7,9-10,12-16,20,26H,4-6,8,11H2,1-3H3,(H,25,27). The predicted molar refractivity (Wildman–Crippen MR) is 125 cm³/mol. The molecule has 0 aliphatic heterocycles. The van der Waals surface area contributed by atoms with Crippen LogP contribution in [0.3, 0.4) is 0 Å². The number of hydrogen-bond acceptors (Lipinski definition) is 6. The second-order valence-electron chi connectivity index (χ2n) is 8.11. The molecule has 2 N–H and O–H groups in total. The van der Waals surface area contributed by atoms with Gasteiger partial charge in [0.05, 0.1) is 19.3 Å². The fourth-order valence-electron chi connectivity index (χ4n) is 3.92. The van der Waals surface area contributed by atoms with E-state index < -0.39 is 21.9 Å². The minimum atomic E-state index is -3.90. The van der Waals surface area contributed by atoms with Gasteiger partial charge in [-0.05, 0) is 62.1 Å². The van der Waals surface area contributed by atoms with Crippen LogP contribution in [0.1, 0.15) is 60.2 Å². The van der Waals surface area contributed by atoms with E-state index in [1.807, 2.05) is 6.92 Å². The van der Waals surface area contributed by atoms with Crippen molar-refractivity contribution in [2.24, 2.45) is 5.92 Å². The Labute approximate surface area is 194 Å². The highest BCUT2D eigenvalue weighted by atomic mass is 32.2. The molecule has 3 rings (SSSR count). The lowest BCUT2D eigenvalue weighted by molar-refractivity contribution is 0.0526. The molecule has 1 amide bonds. The molecule has 0 heterocycles. The third kappa shape index (κ3) is 6.11. The highest BCUT2D eigenvalue weighted by Crippen LogP contribution is 2.29. The van der Waals surface area contributed by atoms with Gasteiger partial charge in [0.25, 0.3) is 5.91 Å². The molecule has 9 heteroatoms. The van der Waals surface area contributed by atoms with Gasteiger partial charge in [-0.2, -0.15) is 0 Å². The van der Waals surface area contributed by atoms with Gasteiger partial charge in [-0.15, -0.1) is 0 Å². The molecule has 2 atom stereocenters. The molecule has 0 radical (unpaired) electrons. The van der Waals surface area contributed by atoms with E-state index in [0.717, 1.165) is 25.7 Å². The van der Waals surface area contributed by atoms with Crippen LogP contribution in [0, 0.1) is 5.92 Å². The van der Waals surface area contributed by atoms with E-state index in [4.69, 9.17) is 9.47 Å². The molecule has 2 aromatic carbocycles. The average Bonchev–Trinajstić information content (AvgIpc) is 2.80. The summed E-state index contributed by atoms with van der Waals surface area (Å²) in [4.78, 5) is 24.7. The molecule has 1 aliphatic rings. The Morgan fingerprint density at radius 2 is 1.82 bits per heavy atom. The molecule has 2 unspecified atom stereocenters. The molecule has 2 aromatic rings. The van der Waals surface area contributed by atoms with Gasteiger partial charge < -0.3 is 14.8 Å². The van der Waals surface area contributed by atoms with Crippen LogP contribution in [-0.2, 0) is 14.8 Å². The van der Waals surface area contributed by atoms with Crippen molar-refractivity contribution in [3.8, 4) is 5.75 Å². The van der Waals surface area contributed by atoms with Crippen molar-refractivity contribution in [3.05, 3.63) is 53.6 Å². The van der Waals surface area contributed by atoms with E-state index in [0.29, 0.717) is 11.3 Å². The molecule has 1 fully saturated rings. The SMILES string of the molecule is CCOC(=O)c1cccc(NC(=O)c2ccc(OC)c(S(=O)(=O)NC3CCCCC3C)c2)c1. The van der Waals surface area contributed by atoms with Crippen molar-refractivity contribution >= 4 is 27.6 Å². The lowest BCUT2D eigenvalue weighted by Gasteiger charge is -2.29. The molecule has 0 spiro atoms. The maximum Gasteiger partial charge on any atom is 0.338 e. The molecular formula is C24H30N2O6S. The van der Waals surface area contributed by atoms with Crippen LogP contribution >= 0.6 is 0 Å². The van der Waals surface area contributed by atoms with Crippen molar-refractivity contribution in [3.63, 3.8) is 0 Å². The minimum Gasteiger partial charge on any atom is -0.495 e. The zero-order valence-electron chi connectivity index (χ0n) is 19.1. The largest absolute Gasteiger partial charge is 0.495 e. The monoisotopic (exact) mass is 474 g/mol. The fourth-order valence-corrected chi connectivity index (χ4v) is 5.50. The highest BCUT2D eigenvalue weighted by molar-refractivity contribution is 7.89. The van der Waals surface area contributed by atoms with Crippen LogP contribution in [-0.4, -0.2) is 40.1 Å². The quantitative estimate of drug-likeness (QED) is 0.560. The summed E-state index contributed by atoms with van der Waals surface area (Å²) in [5, 5.41) is 2.70. The summed E-state index contributed by atoms with van der Waals surface area (Å²) in [5.41, 5.74) is 0.841. The lowest BCUT2D eigenvalue weighted by atomic mass is 9.87. The number of amides is 1. The zero-order chi connectivity index (χ0) is 24.0. The zero-order valence-corrected chi connectivity index (χ0v) is 19.9. The molecule has 0 aromatic heterocycles. The third-order valence-electron chi connectivity index (χ3n) is 5.76. The fraction of sp³-hybridized carbons (Fsp3) is 0.417. The molecular weight excluding hydrogens is 444 g/mol. The van der Waals surface area contributed by atoms with Crippen molar-refractivity contribution < 1.29 is 27.5 Å². The molecule has 0 bridgehead atoms. The van der Waals surface area contributed by atoms with Crippen LogP contribution in [0.4, 0.5) is 5.69 Å². The smallest absolute Gasteiger partial charge is 0.338 e. The Morgan fingerprint density at radius 3 is 2.52 bits per heavy atom. The molecule has 178 valence electrons. The van der Waals surface area contributed by atoms with Crippen LogP contribution in [0.15, 0.2) is 47.4 Å². The Bertz CT molecular complexity index is 1120. The maximum absolute atomic E-state index is 13.2. The number of rotatable bonds is 8. The van der Waals surface area contributed by atoms with Crippen molar-refractivity contribution in [2.75, 3.05) is 19.0 Å². The summed E-state index contributed by atoms with van der Waals surface area (Å²) in [7, 11) is -2.52. The third-order valence-corrected chi connectivity index (χ3v) is 7.28. The Balaban J connectivity index is 1.83. The van der Waals surface area contributed by atoms with Gasteiger partial charge in [0.2, 0.25) is 10.0 Å². The minimum absolute atomic E-state index is 0.0873. The first-order valence-corrected chi connectivity index (χ1v) is 12.5. The number of nitrogens with one attached hydrogen (secondary N) is 2. The van der Waals surface area contributed by atoms with Gasteiger partial charge in [0.1, 0.15) is 10.6 Å². The second kappa shape index (κ2) is 10.8. The molecule has 1 aliphatic carbocycles. The van der Waals surface area contributed by atoms with E-state index in [2.05, 4.69) is 10.0 Å². The average molecular weight is 475 g/mol. The molecule has 33 heavy (non-hydrogen) atoms. The van der Waals surface area contributed by atoms with Crippen LogP contribution in [0.25, 0.3) is 0 Å². The lowest BCUT2D eigenvalue weighted by Crippen LogP contribution is -2.41. The summed E-state index contributed by atoms with van der Waals surface area (Å²) < 4.78 is 39.4. The number of carbonyl (C=O) groups is 2. The number of sulfonamides is 1. The summed E-state index contributed by atoms with van der Waals surface area (Å²) in [6, 6.07) is 10.5. The number of benzene rings is 2. The van der Waals surface area contributed by atoms with Crippen molar-refractivity contribution in [1.82, 2.24) is 4.72 Å². The number of methoxy groups -OCH3 is 1. The first-order valence-electron chi connectivity index (χ1n) is 11.0. The van der Waals surface area contributed by atoms with Gasteiger partial charge in [-0.1, -0.05) is 25.8 Å². The van der Waals surface area contributed by atoms with E-state index in [1.54, 1.807) is 25.1 Å². The predicted octanol–water partition coefficient (Wildman–Crippen LogP) is 3.98. The van der Waals surface area contributed by atoms with E-state index in [1.165, 1.54) is 31.4 Å². The summed E-state index contributed by atoms with van der Waals surface area (Å²) in [6.45, 7) is 3.99. The summed E-state index contributed by atoms with van der Waals surface area (Å²) in [6.07, 6.45) is 3.81. The second-order valence-corrected chi connectivity index (χ2v) is 9.79. The van der Waals surface area contributed by atoms with E-state index in [-0.39, 0.29) is 34.8 Å². The topological polar surface area (TPSA) is 111 Å². The maximum atomic E-state index is 13.2. The molecule has 0 saturated heterocycles. The summed E-state index contributed by atoms with van der Waals surface area (Å²) >= 11 is 0. The normalized spacial score (nSPS) is 18.4. The number of esters is 1. The Hall–Kier alpha value is -2.91. The van der Waals surface area contributed by atoms with Crippen LogP contribution < -0.4 is 14.8 Å². The van der Waals surface area contributed by atoms with Crippen molar-refractivity contribution in [2.45, 2.75) is 50.5 Å². The highest BCUT2D eigenvalue weighted by Gasteiger charge is 2.29. The molecule has 8 nitrogen and oxygen atoms in total. The first-order chi connectivity index (χ1) is 15.7. The molecule has 1 saturated carbocycles. The van der Waals surface area contributed by atoms with Gasteiger partial charge in [0, 0.05) is 17.3 Å². The van der Waals surface area contributed by atoms with Gasteiger partial charge in [-0.3, -0.25) is 4.79 Å². The van der Waals surface area contributed by atoms with E-state index in [9.17, 15) is 18.0 Å². The van der Waals surface area contributed by atoms with Crippen LogP contribution in [0.2, 0.25) is 0 Å². The first kappa shape index (κ1) is 24.7. The number of carbonyl (C=O) groups excluding carboxylic acids is 2. The number of hydrogen-bond donors (Lipinski definition) is 2. The van der Waals surface area contributed by atoms with Gasteiger partial charge >= 0.3 is 5.97 Å². The van der Waals surface area contributed by atoms with E-state index >= 15 is 0 Å². The Kier molecular flexibility index (Phi) is 8.10.